The van der Waals surface area contributed by atoms with Crippen molar-refractivity contribution in [3.05, 3.63) is 29.6 Å². The molecule has 1 aromatic heterocycles. The highest BCUT2D eigenvalue weighted by molar-refractivity contribution is 5.17. The Balaban J connectivity index is 1.56. The first-order valence-corrected chi connectivity index (χ1v) is 11.7. The predicted octanol–water partition coefficient (Wildman–Crippen LogP) is 3.20. The molecule has 0 saturated heterocycles. The monoisotopic (exact) mass is 385 g/mol. The van der Waals surface area contributed by atoms with Crippen LogP contribution in [0.4, 0.5) is 0 Å². The van der Waals surface area contributed by atoms with E-state index in [1.165, 1.54) is 62.8 Å². The van der Waals surface area contributed by atoms with E-state index in [4.69, 9.17) is 4.98 Å². The zero-order valence-electron chi connectivity index (χ0n) is 17.7. The van der Waals surface area contributed by atoms with Gasteiger partial charge in [0.25, 0.3) is 0 Å². The predicted molar refractivity (Wildman–Crippen MR) is 115 cm³/mol. The number of pyridine rings is 1. The van der Waals surface area contributed by atoms with Gasteiger partial charge in [-0.05, 0) is 51.7 Å². The van der Waals surface area contributed by atoms with Gasteiger partial charge in [0.1, 0.15) is 0 Å². The first-order valence-electron chi connectivity index (χ1n) is 11.7. The standard InChI is InChI=1S/C23H39N5/c1-16-18-12-7-13-19(28-18)17(2)27-23-11-6-4-9-21(23)25-15-14-24-20-8-3-5-10-22(20)26-16/h7,12-13,16-17,20-27H,3-6,8-11,14-15H2,1-2H3/t16-,17-,20-,21-,22-,23-/m1/s1. The number of nitrogens with one attached hydrogen (secondary N) is 4. The van der Waals surface area contributed by atoms with Crippen molar-refractivity contribution in [2.45, 2.75) is 101 Å². The highest BCUT2D eigenvalue weighted by Crippen LogP contribution is 2.24. The minimum atomic E-state index is 0.283. The molecule has 2 bridgehead atoms. The van der Waals surface area contributed by atoms with Gasteiger partial charge in [-0.15, -0.1) is 0 Å². The number of hydrogen-bond donors (Lipinski definition) is 4. The summed E-state index contributed by atoms with van der Waals surface area (Å²) in [5.74, 6) is 0. The number of fused-ring (bicyclic) bond motifs is 4. The molecule has 2 heterocycles. The van der Waals surface area contributed by atoms with E-state index in [9.17, 15) is 0 Å². The average Bonchev–Trinajstić information content (AvgIpc) is 2.73. The fourth-order valence-electron chi connectivity index (χ4n) is 5.43. The lowest BCUT2D eigenvalue weighted by atomic mass is 9.89. The number of nitrogens with zero attached hydrogens (tertiary/aromatic N) is 1. The highest BCUT2D eigenvalue weighted by atomic mass is 15.1. The Hall–Kier alpha value is -1.01. The quantitative estimate of drug-likeness (QED) is 0.552. The minimum absolute atomic E-state index is 0.283. The second kappa shape index (κ2) is 9.66. The third-order valence-corrected chi connectivity index (χ3v) is 7.08. The fourth-order valence-corrected chi connectivity index (χ4v) is 5.43. The van der Waals surface area contributed by atoms with Crippen molar-refractivity contribution in [1.82, 2.24) is 26.3 Å². The normalized spacial score (nSPS) is 37.8. The van der Waals surface area contributed by atoms with Crippen LogP contribution in [0.3, 0.4) is 0 Å². The van der Waals surface area contributed by atoms with Crippen molar-refractivity contribution in [2.24, 2.45) is 0 Å². The van der Waals surface area contributed by atoms with Gasteiger partial charge in [-0.3, -0.25) is 4.98 Å². The summed E-state index contributed by atoms with van der Waals surface area (Å²) in [5, 5.41) is 15.5. The molecule has 2 fully saturated rings. The molecular weight excluding hydrogens is 346 g/mol. The lowest BCUT2D eigenvalue weighted by Crippen LogP contribution is -2.54. The van der Waals surface area contributed by atoms with Crippen LogP contribution in [-0.2, 0) is 0 Å². The van der Waals surface area contributed by atoms with E-state index in [-0.39, 0.29) is 12.1 Å². The molecule has 28 heavy (non-hydrogen) atoms. The van der Waals surface area contributed by atoms with Crippen LogP contribution in [0.15, 0.2) is 18.2 Å². The minimum Gasteiger partial charge on any atom is -0.311 e. The lowest BCUT2D eigenvalue weighted by Gasteiger charge is -2.36. The van der Waals surface area contributed by atoms with Gasteiger partial charge in [-0.1, -0.05) is 31.7 Å². The van der Waals surface area contributed by atoms with E-state index in [0.717, 1.165) is 13.1 Å². The lowest BCUT2D eigenvalue weighted by molar-refractivity contribution is 0.254. The summed E-state index contributed by atoms with van der Waals surface area (Å²) in [6, 6.07) is 9.34. The van der Waals surface area contributed by atoms with Crippen LogP contribution in [0.5, 0.6) is 0 Å². The maximum atomic E-state index is 5.06. The molecule has 1 aliphatic heterocycles. The van der Waals surface area contributed by atoms with Crippen LogP contribution >= 0.6 is 0 Å². The molecule has 5 nitrogen and oxygen atoms in total. The Morgan fingerprint density at radius 1 is 0.679 bits per heavy atom. The summed E-state index contributed by atoms with van der Waals surface area (Å²) in [6.45, 7) is 6.66. The van der Waals surface area contributed by atoms with Crippen LogP contribution in [0.2, 0.25) is 0 Å². The Bertz CT molecular complexity index is 572. The molecule has 5 heteroatoms. The molecule has 2 saturated carbocycles. The van der Waals surface area contributed by atoms with Gasteiger partial charge in [-0.2, -0.15) is 0 Å². The molecule has 0 spiro atoms. The molecule has 3 aliphatic rings. The summed E-state index contributed by atoms with van der Waals surface area (Å²) in [5.41, 5.74) is 2.34. The van der Waals surface area contributed by atoms with Gasteiger partial charge in [-0.25, -0.2) is 0 Å². The maximum Gasteiger partial charge on any atom is 0.0574 e. The summed E-state index contributed by atoms with van der Waals surface area (Å²) in [4.78, 5) is 5.06. The van der Waals surface area contributed by atoms with Gasteiger partial charge in [0, 0.05) is 49.3 Å². The first-order chi connectivity index (χ1) is 13.7. The molecule has 4 N–H and O–H groups in total. The summed E-state index contributed by atoms with van der Waals surface area (Å²) in [6.07, 6.45) is 10.4. The second-order valence-electron chi connectivity index (χ2n) is 9.17. The smallest absolute Gasteiger partial charge is 0.0574 e. The van der Waals surface area contributed by atoms with E-state index >= 15 is 0 Å². The molecule has 1 aromatic rings. The van der Waals surface area contributed by atoms with Crippen molar-refractivity contribution < 1.29 is 0 Å². The van der Waals surface area contributed by atoms with Crippen molar-refractivity contribution in [1.29, 1.82) is 0 Å². The third kappa shape index (κ3) is 4.93. The molecule has 2 aliphatic carbocycles. The topological polar surface area (TPSA) is 61.0 Å². The zero-order valence-corrected chi connectivity index (χ0v) is 17.7. The number of rotatable bonds is 0. The van der Waals surface area contributed by atoms with Crippen LogP contribution in [-0.4, -0.2) is 42.2 Å². The SMILES string of the molecule is C[C@H]1N[C@@H]2CCCC[C@H]2NCCN[C@@H]2CCCC[C@H]2N[C@H](C)c2cccc1n2. The summed E-state index contributed by atoms with van der Waals surface area (Å²) in [7, 11) is 0. The Kier molecular flexibility index (Phi) is 6.99. The highest BCUT2D eigenvalue weighted by Gasteiger charge is 2.29. The largest absolute Gasteiger partial charge is 0.311 e. The molecule has 0 aromatic carbocycles. The van der Waals surface area contributed by atoms with Gasteiger partial charge >= 0.3 is 0 Å². The molecule has 0 amide bonds. The summed E-state index contributed by atoms with van der Waals surface area (Å²) < 4.78 is 0. The van der Waals surface area contributed by atoms with E-state index < -0.39 is 0 Å². The molecule has 0 radical (unpaired) electrons. The van der Waals surface area contributed by atoms with Crippen molar-refractivity contribution in [3.8, 4) is 0 Å². The molecule has 0 unspecified atom stereocenters. The van der Waals surface area contributed by atoms with E-state index in [1.54, 1.807) is 0 Å². The van der Waals surface area contributed by atoms with Crippen LogP contribution in [0.25, 0.3) is 0 Å². The Labute approximate surface area is 170 Å². The van der Waals surface area contributed by atoms with Gasteiger partial charge in [0.2, 0.25) is 0 Å². The second-order valence-corrected chi connectivity index (χ2v) is 9.17. The van der Waals surface area contributed by atoms with E-state index in [0.29, 0.717) is 24.2 Å². The van der Waals surface area contributed by atoms with E-state index in [2.05, 4.69) is 53.3 Å². The Morgan fingerprint density at radius 2 is 1.11 bits per heavy atom. The van der Waals surface area contributed by atoms with Crippen molar-refractivity contribution in [3.63, 3.8) is 0 Å². The molecule has 4 rings (SSSR count). The van der Waals surface area contributed by atoms with Crippen molar-refractivity contribution >= 4 is 0 Å². The maximum absolute atomic E-state index is 5.06. The third-order valence-electron chi connectivity index (χ3n) is 7.08. The molecule has 6 atom stereocenters. The van der Waals surface area contributed by atoms with Gasteiger partial charge in [0.15, 0.2) is 0 Å². The van der Waals surface area contributed by atoms with Crippen LogP contribution in [0.1, 0.15) is 88.7 Å². The van der Waals surface area contributed by atoms with Gasteiger partial charge < -0.3 is 21.3 Å². The molecular formula is C23H39N5. The fraction of sp³-hybridized carbons (Fsp3) is 0.783. The van der Waals surface area contributed by atoms with Crippen LogP contribution in [0, 0.1) is 0 Å². The number of hydrogen-bond acceptors (Lipinski definition) is 5. The van der Waals surface area contributed by atoms with E-state index in [1.807, 2.05) is 0 Å². The van der Waals surface area contributed by atoms with Crippen molar-refractivity contribution in [2.75, 3.05) is 13.1 Å². The summed E-state index contributed by atoms with van der Waals surface area (Å²) >= 11 is 0. The Morgan fingerprint density at radius 3 is 1.57 bits per heavy atom. The van der Waals surface area contributed by atoms with Gasteiger partial charge in [0.05, 0.1) is 11.4 Å². The number of aromatic nitrogens is 1. The zero-order chi connectivity index (χ0) is 19.3. The first kappa shape index (κ1) is 20.3. The molecule has 156 valence electrons. The van der Waals surface area contributed by atoms with Crippen LogP contribution < -0.4 is 21.3 Å². The average molecular weight is 386 g/mol.